The summed E-state index contributed by atoms with van der Waals surface area (Å²) in [5.41, 5.74) is -0.0440. The van der Waals surface area contributed by atoms with E-state index in [1.165, 1.54) is 6.07 Å². The number of carbonyl (C=O) groups excluding carboxylic acids is 1. The molecule has 0 fully saturated rings. The van der Waals surface area contributed by atoms with Gasteiger partial charge in [-0.1, -0.05) is 6.92 Å². The Bertz CT molecular complexity index is 449. The minimum atomic E-state index is -0.792. The van der Waals surface area contributed by atoms with E-state index in [1.807, 2.05) is 25.9 Å². The van der Waals surface area contributed by atoms with E-state index in [0.717, 1.165) is 38.2 Å². The number of likely N-dealkylation sites (N-methyl/N-ethyl adjacent to an activating group) is 1. The molecular formula is C15H22F2N2O. The van der Waals surface area contributed by atoms with E-state index >= 15 is 0 Å². The molecule has 0 heterocycles. The molecule has 20 heavy (non-hydrogen) atoms. The van der Waals surface area contributed by atoms with Gasteiger partial charge in [-0.05, 0) is 52.3 Å². The molecule has 0 radical (unpaired) electrons. The van der Waals surface area contributed by atoms with E-state index < -0.39 is 11.6 Å². The summed E-state index contributed by atoms with van der Waals surface area (Å²) in [6.07, 6.45) is 0.944. The zero-order chi connectivity index (χ0) is 15.1. The van der Waals surface area contributed by atoms with E-state index in [1.54, 1.807) is 0 Å². The van der Waals surface area contributed by atoms with Crippen molar-refractivity contribution in [1.29, 1.82) is 0 Å². The third kappa shape index (κ3) is 5.35. The molecule has 0 atom stereocenters. The molecule has 0 amide bonds. The summed E-state index contributed by atoms with van der Waals surface area (Å²) in [6.45, 7) is 4.57. The average Bonchev–Trinajstić information content (AvgIpc) is 2.36. The lowest BCUT2D eigenvalue weighted by Crippen LogP contribution is -2.32. The van der Waals surface area contributed by atoms with E-state index in [9.17, 15) is 13.6 Å². The Morgan fingerprint density at radius 1 is 1.20 bits per heavy atom. The van der Waals surface area contributed by atoms with Gasteiger partial charge in [0.25, 0.3) is 0 Å². The average molecular weight is 284 g/mol. The molecule has 1 aromatic rings. The molecule has 0 aromatic heterocycles. The van der Waals surface area contributed by atoms with E-state index in [4.69, 9.17) is 0 Å². The van der Waals surface area contributed by atoms with E-state index in [2.05, 4.69) is 4.90 Å². The lowest BCUT2D eigenvalue weighted by Gasteiger charge is -2.20. The van der Waals surface area contributed by atoms with Crippen LogP contribution in [-0.4, -0.2) is 55.9 Å². The maximum Gasteiger partial charge on any atom is 0.179 e. The maximum absolute atomic E-state index is 13.5. The molecular weight excluding hydrogens is 262 g/mol. The normalized spacial score (nSPS) is 11.3. The molecule has 0 aliphatic heterocycles. The number of ketones is 1. The Hall–Kier alpha value is -1.33. The number of hydrogen-bond donors (Lipinski definition) is 0. The summed E-state index contributed by atoms with van der Waals surface area (Å²) in [7, 11) is 3.99. The number of Topliss-reactive ketones (excluding diaryl/α,β-unsaturated/α-hetero) is 1. The first-order valence-electron chi connectivity index (χ1n) is 6.79. The van der Waals surface area contributed by atoms with Crippen LogP contribution in [0.15, 0.2) is 18.2 Å². The molecule has 3 nitrogen and oxygen atoms in total. The minimum Gasteiger partial charge on any atom is -0.309 e. The van der Waals surface area contributed by atoms with Gasteiger partial charge >= 0.3 is 0 Å². The molecule has 0 saturated carbocycles. The Labute approximate surface area is 119 Å². The number of rotatable bonds is 8. The van der Waals surface area contributed by atoms with E-state index in [-0.39, 0.29) is 17.9 Å². The molecule has 0 bridgehead atoms. The number of nitrogens with zero attached hydrogens (tertiary/aromatic N) is 2. The second kappa shape index (κ2) is 8.07. The van der Waals surface area contributed by atoms with Crippen LogP contribution in [0.5, 0.6) is 0 Å². The predicted octanol–water partition coefficient (Wildman–Crippen LogP) is 2.42. The van der Waals surface area contributed by atoms with Gasteiger partial charge in [-0.2, -0.15) is 0 Å². The van der Waals surface area contributed by atoms with Crippen molar-refractivity contribution < 1.29 is 13.6 Å². The lowest BCUT2D eigenvalue weighted by atomic mass is 10.1. The monoisotopic (exact) mass is 284 g/mol. The fourth-order valence-electron chi connectivity index (χ4n) is 1.96. The molecule has 0 saturated heterocycles. The third-order valence-corrected chi connectivity index (χ3v) is 3.13. The van der Waals surface area contributed by atoms with Crippen molar-refractivity contribution in [3.05, 3.63) is 35.4 Å². The van der Waals surface area contributed by atoms with Gasteiger partial charge in [0, 0.05) is 6.07 Å². The number of hydrogen-bond acceptors (Lipinski definition) is 3. The highest BCUT2D eigenvalue weighted by Crippen LogP contribution is 2.11. The maximum atomic E-state index is 13.5. The van der Waals surface area contributed by atoms with E-state index in [0.29, 0.717) is 0 Å². The van der Waals surface area contributed by atoms with Gasteiger partial charge in [-0.25, -0.2) is 8.78 Å². The second-order valence-corrected chi connectivity index (χ2v) is 5.07. The summed E-state index contributed by atoms with van der Waals surface area (Å²) in [4.78, 5) is 16.1. The van der Waals surface area contributed by atoms with Gasteiger partial charge in [0.05, 0.1) is 12.1 Å². The smallest absolute Gasteiger partial charge is 0.179 e. The molecule has 5 heteroatoms. The van der Waals surface area contributed by atoms with Crippen LogP contribution >= 0.6 is 0 Å². The highest BCUT2D eigenvalue weighted by atomic mass is 19.1. The first-order chi connectivity index (χ1) is 9.43. The second-order valence-electron chi connectivity index (χ2n) is 5.07. The highest BCUT2D eigenvalue weighted by Gasteiger charge is 2.15. The minimum absolute atomic E-state index is 0.0440. The van der Waals surface area contributed by atoms with Gasteiger partial charge in [0.2, 0.25) is 0 Å². The SMILES string of the molecule is CCN(CCCN(C)C)CC(=O)c1ccc(F)cc1F. The summed E-state index contributed by atoms with van der Waals surface area (Å²) in [5, 5.41) is 0. The van der Waals surface area contributed by atoms with Crippen LogP contribution in [0.3, 0.4) is 0 Å². The van der Waals surface area contributed by atoms with Crippen LogP contribution < -0.4 is 0 Å². The van der Waals surface area contributed by atoms with Crippen molar-refractivity contribution in [2.75, 3.05) is 40.3 Å². The standard InChI is InChI=1S/C15H22F2N2O/c1-4-19(9-5-8-18(2)3)11-15(20)13-7-6-12(16)10-14(13)17/h6-7,10H,4-5,8-9,11H2,1-3H3. The van der Waals surface area contributed by atoms with Gasteiger partial charge in [-0.3, -0.25) is 9.69 Å². The summed E-state index contributed by atoms with van der Waals surface area (Å²) < 4.78 is 26.3. The Morgan fingerprint density at radius 3 is 2.45 bits per heavy atom. The largest absolute Gasteiger partial charge is 0.309 e. The van der Waals surface area contributed by atoms with Crippen molar-refractivity contribution in [3.8, 4) is 0 Å². The fourth-order valence-corrected chi connectivity index (χ4v) is 1.96. The first-order valence-corrected chi connectivity index (χ1v) is 6.79. The van der Waals surface area contributed by atoms with Crippen LogP contribution in [0.1, 0.15) is 23.7 Å². The molecule has 0 aliphatic rings. The van der Waals surface area contributed by atoms with Gasteiger partial charge in [0.1, 0.15) is 11.6 Å². The molecule has 0 N–H and O–H groups in total. The summed E-state index contributed by atoms with van der Waals surface area (Å²) in [6, 6.07) is 3.06. The zero-order valence-electron chi connectivity index (χ0n) is 12.3. The Balaban J connectivity index is 2.58. The first kappa shape index (κ1) is 16.7. The zero-order valence-corrected chi connectivity index (χ0v) is 12.3. The number of benzene rings is 1. The van der Waals surface area contributed by atoms with Crippen LogP contribution in [-0.2, 0) is 0 Å². The molecule has 0 spiro atoms. The third-order valence-electron chi connectivity index (χ3n) is 3.13. The summed E-state index contributed by atoms with van der Waals surface area (Å²) in [5.74, 6) is -1.77. The van der Waals surface area contributed by atoms with Gasteiger partial charge in [0.15, 0.2) is 5.78 Å². The molecule has 0 unspecified atom stereocenters. The van der Waals surface area contributed by atoms with Crippen molar-refractivity contribution in [2.24, 2.45) is 0 Å². The van der Waals surface area contributed by atoms with Gasteiger partial charge < -0.3 is 4.90 Å². The van der Waals surface area contributed by atoms with Crippen LogP contribution in [0, 0.1) is 11.6 Å². The predicted molar refractivity (Wildman–Crippen MR) is 76.0 cm³/mol. The van der Waals surface area contributed by atoms with Crippen molar-refractivity contribution in [3.63, 3.8) is 0 Å². The Morgan fingerprint density at radius 2 is 1.90 bits per heavy atom. The van der Waals surface area contributed by atoms with Crippen molar-refractivity contribution in [2.45, 2.75) is 13.3 Å². The Kier molecular flexibility index (Phi) is 6.75. The fraction of sp³-hybridized carbons (Fsp3) is 0.533. The van der Waals surface area contributed by atoms with Crippen LogP contribution in [0.2, 0.25) is 0 Å². The van der Waals surface area contributed by atoms with Crippen LogP contribution in [0.4, 0.5) is 8.78 Å². The molecule has 1 rings (SSSR count). The van der Waals surface area contributed by atoms with Crippen molar-refractivity contribution in [1.82, 2.24) is 9.80 Å². The highest BCUT2D eigenvalue weighted by molar-refractivity contribution is 5.97. The lowest BCUT2D eigenvalue weighted by molar-refractivity contribution is 0.0927. The quantitative estimate of drug-likeness (QED) is 0.685. The summed E-state index contributed by atoms with van der Waals surface area (Å²) >= 11 is 0. The number of carbonyl (C=O) groups is 1. The van der Waals surface area contributed by atoms with Gasteiger partial charge in [-0.15, -0.1) is 0 Å². The number of halogens is 2. The van der Waals surface area contributed by atoms with Crippen molar-refractivity contribution >= 4 is 5.78 Å². The molecule has 0 aliphatic carbocycles. The topological polar surface area (TPSA) is 23.6 Å². The molecule has 112 valence electrons. The van der Waals surface area contributed by atoms with Crippen LogP contribution in [0.25, 0.3) is 0 Å². The molecule has 1 aromatic carbocycles.